The van der Waals surface area contributed by atoms with Gasteiger partial charge in [0.2, 0.25) is 5.78 Å². The number of thioether (sulfide) groups is 1. The first kappa shape index (κ1) is 16.6. The number of furan rings is 1. The SMILES string of the molecule is O=C1/C(=C/c2ccc(-c3ccc(Cl)cc3[N+](=O)[O-])o2)Sc2ccccc21. The summed E-state index contributed by atoms with van der Waals surface area (Å²) in [6.07, 6.45) is 1.65. The Hall–Kier alpha value is -2.83. The lowest BCUT2D eigenvalue weighted by atomic mass is 10.1. The molecule has 0 amide bonds. The highest BCUT2D eigenvalue weighted by Crippen LogP contribution is 2.41. The van der Waals surface area contributed by atoms with E-state index in [9.17, 15) is 14.9 Å². The first-order valence-electron chi connectivity index (χ1n) is 7.60. The Balaban J connectivity index is 1.69. The van der Waals surface area contributed by atoms with Crippen molar-refractivity contribution < 1.29 is 14.1 Å². The summed E-state index contributed by atoms with van der Waals surface area (Å²) in [6.45, 7) is 0. The predicted octanol–water partition coefficient (Wildman–Crippen LogP) is 5.84. The number of ketones is 1. The van der Waals surface area contributed by atoms with Gasteiger partial charge in [0.1, 0.15) is 11.5 Å². The second-order valence-electron chi connectivity index (χ2n) is 5.56. The maximum absolute atomic E-state index is 12.4. The van der Waals surface area contributed by atoms with E-state index in [0.29, 0.717) is 27.6 Å². The Morgan fingerprint density at radius 2 is 1.88 bits per heavy atom. The third kappa shape index (κ3) is 2.94. The maximum Gasteiger partial charge on any atom is 0.281 e. The molecule has 0 spiro atoms. The van der Waals surface area contributed by atoms with Gasteiger partial charge < -0.3 is 4.42 Å². The van der Waals surface area contributed by atoms with Crippen molar-refractivity contribution in [2.24, 2.45) is 0 Å². The molecule has 128 valence electrons. The van der Waals surface area contributed by atoms with Crippen LogP contribution < -0.4 is 0 Å². The van der Waals surface area contributed by atoms with Crippen LogP contribution in [-0.2, 0) is 0 Å². The Labute approximate surface area is 157 Å². The zero-order valence-electron chi connectivity index (χ0n) is 13.1. The van der Waals surface area contributed by atoms with Gasteiger partial charge in [0, 0.05) is 21.5 Å². The number of carbonyl (C=O) groups excluding carboxylic acids is 1. The van der Waals surface area contributed by atoms with Crippen molar-refractivity contribution >= 4 is 40.9 Å². The van der Waals surface area contributed by atoms with E-state index in [-0.39, 0.29) is 16.5 Å². The minimum absolute atomic E-state index is 0.0546. The number of halogens is 1. The van der Waals surface area contributed by atoms with E-state index in [2.05, 4.69) is 0 Å². The molecule has 1 aliphatic rings. The van der Waals surface area contributed by atoms with Crippen LogP contribution in [0.5, 0.6) is 0 Å². The lowest BCUT2D eigenvalue weighted by molar-refractivity contribution is -0.384. The molecular weight excluding hydrogens is 374 g/mol. The molecule has 0 bridgehead atoms. The van der Waals surface area contributed by atoms with Crippen LogP contribution in [0.4, 0.5) is 5.69 Å². The molecule has 3 aromatic rings. The van der Waals surface area contributed by atoms with Crippen LogP contribution >= 0.6 is 23.4 Å². The number of benzene rings is 2. The number of allylic oxidation sites excluding steroid dienone is 1. The molecule has 2 heterocycles. The van der Waals surface area contributed by atoms with E-state index in [1.54, 1.807) is 36.4 Å². The summed E-state index contributed by atoms with van der Waals surface area (Å²) in [6, 6.07) is 15.1. The van der Waals surface area contributed by atoms with E-state index >= 15 is 0 Å². The molecule has 2 aromatic carbocycles. The summed E-state index contributed by atoms with van der Waals surface area (Å²) in [5, 5.41) is 11.5. The lowest BCUT2D eigenvalue weighted by Crippen LogP contribution is -1.93. The molecule has 5 nitrogen and oxygen atoms in total. The van der Waals surface area contributed by atoms with E-state index in [0.717, 1.165) is 4.90 Å². The van der Waals surface area contributed by atoms with Crippen molar-refractivity contribution in [1.29, 1.82) is 0 Å². The van der Waals surface area contributed by atoms with Crippen LogP contribution in [0.3, 0.4) is 0 Å². The van der Waals surface area contributed by atoms with Crippen LogP contribution in [0.25, 0.3) is 17.4 Å². The standard InChI is InChI=1S/C19H10ClNO4S/c20-11-5-7-13(15(9-11)21(23)24)16-8-6-12(25-16)10-18-19(22)14-3-1-2-4-17(14)26-18/h1-10H/b18-10-. The zero-order valence-corrected chi connectivity index (χ0v) is 14.7. The largest absolute Gasteiger partial charge is 0.456 e. The zero-order chi connectivity index (χ0) is 18.3. The smallest absolute Gasteiger partial charge is 0.281 e. The van der Waals surface area contributed by atoms with Crippen LogP contribution in [-0.4, -0.2) is 10.7 Å². The van der Waals surface area contributed by atoms with Gasteiger partial charge >= 0.3 is 0 Å². The molecule has 7 heteroatoms. The van der Waals surface area contributed by atoms with Crippen molar-refractivity contribution in [1.82, 2.24) is 0 Å². The van der Waals surface area contributed by atoms with Crippen LogP contribution in [0.1, 0.15) is 16.1 Å². The van der Waals surface area contributed by atoms with Gasteiger partial charge in [-0.25, -0.2) is 0 Å². The molecule has 26 heavy (non-hydrogen) atoms. The van der Waals surface area contributed by atoms with E-state index in [1.807, 2.05) is 18.2 Å². The average Bonchev–Trinajstić information content (AvgIpc) is 3.21. The topological polar surface area (TPSA) is 73.3 Å². The summed E-state index contributed by atoms with van der Waals surface area (Å²) < 4.78 is 5.72. The van der Waals surface area contributed by atoms with E-state index in [1.165, 1.54) is 17.8 Å². The summed E-state index contributed by atoms with van der Waals surface area (Å²) in [5.41, 5.74) is 0.867. The number of rotatable bonds is 3. The summed E-state index contributed by atoms with van der Waals surface area (Å²) in [5.74, 6) is 0.738. The Bertz CT molecular complexity index is 1090. The molecule has 0 radical (unpaired) electrons. The molecule has 0 saturated heterocycles. The fourth-order valence-electron chi connectivity index (χ4n) is 2.70. The summed E-state index contributed by atoms with van der Waals surface area (Å²) in [4.78, 5) is 24.6. The number of nitro groups is 1. The first-order valence-corrected chi connectivity index (χ1v) is 8.80. The molecule has 1 aliphatic heterocycles. The number of nitrogens with zero attached hydrogens (tertiary/aromatic N) is 1. The number of nitro benzene ring substituents is 1. The number of carbonyl (C=O) groups is 1. The fourth-order valence-corrected chi connectivity index (χ4v) is 3.90. The van der Waals surface area contributed by atoms with Gasteiger partial charge in [-0.1, -0.05) is 35.5 Å². The van der Waals surface area contributed by atoms with Gasteiger partial charge in [-0.05, 0) is 42.5 Å². The second-order valence-corrected chi connectivity index (χ2v) is 7.08. The molecule has 0 saturated carbocycles. The fraction of sp³-hybridized carbons (Fsp3) is 0. The lowest BCUT2D eigenvalue weighted by Gasteiger charge is -2.00. The monoisotopic (exact) mass is 383 g/mol. The van der Waals surface area contributed by atoms with Crippen molar-refractivity contribution in [3.05, 3.63) is 86.0 Å². The van der Waals surface area contributed by atoms with Crippen LogP contribution in [0.15, 0.2) is 68.8 Å². The van der Waals surface area contributed by atoms with Gasteiger partial charge in [0.15, 0.2) is 0 Å². The number of hydrogen-bond donors (Lipinski definition) is 0. The van der Waals surface area contributed by atoms with Gasteiger partial charge in [0.25, 0.3) is 5.69 Å². The molecule has 0 fully saturated rings. The molecule has 0 aliphatic carbocycles. The normalized spacial score (nSPS) is 14.7. The van der Waals surface area contributed by atoms with Gasteiger partial charge in [-0.15, -0.1) is 0 Å². The van der Waals surface area contributed by atoms with Crippen molar-refractivity contribution in [3.63, 3.8) is 0 Å². The highest BCUT2D eigenvalue weighted by Gasteiger charge is 2.26. The minimum atomic E-state index is -0.505. The van der Waals surface area contributed by atoms with Crippen molar-refractivity contribution in [3.8, 4) is 11.3 Å². The minimum Gasteiger partial charge on any atom is -0.456 e. The second kappa shape index (κ2) is 6.48. The molecule has 1 aromatic heterocycles. The molecule has 4 rings (SSSR count). The van der Waals surface area contributed by atoms with Gasteiger partial charge in [-0.3, -0.25) is 14.9 Å². The molecule has 0 N–H and O–H groups in total. The third-order valence-corrected chi connectivity index (χ3v) is 5.23. The summed E-state index contributed by atoms with van der Waals surface area (Å²) in [7, 11) is 0. The molecule has 0 atom stereocenters. The quantitative estimate of drug-likeness (QED) is 0.323. The average molecular weight is 384 g/mol. The molecular formula is C19H10ClNO4S. The van der Waals surface area contributed by atoms with Gasteiger partial charge in [-0.2, -0.15) is 0 Å². The Morgan fingerprint density at radius 3 is 2.65 bits per heavy atom. The Morgan fingerprint density at radius 1 is 1.08 bits per heavy atom. The van der Waals surface area contributed by atoms with E-state index < -0.39 is 4.92 Å². The van der Waals surface area contributed by atoms with Crippen molar-refractivity contribution in [2.75, 3.05) is 0 Å². The Kier molecular flexibility index (Phi) is 4.14. The highest BCUT2D eigenvalue weighted by molar-refractivity contribution is 8.04. The molecule has 0 unspecified atom stereocenters. The third-order valence-electron chi connectivity index (χ3n) is 3.90. The number of Topliss-reactive ketones (excluding diaryl/α,β-unsaturated/α-hetero) is 1. The van der Waals surface area contributed by atoms with Gasteiger partial charge in [0.05, 0.1) is 15.4 Å². The summed E-state index contributed by atoms with van der Waals surface area (Å²) >= 11 is 7.22. The van der Waals surface area contributed by atoms with Crippen LogP contribution in [0, 0.1) is 10.1 Å². The maximum atomic E-state index is 12.4. The highest BCUT2D eigenvalue weighted by atomic mass is 35.5. The predicted molar refractivity (Wildman–Crippen MR) is 100 cm³/mol. The van der Waals surface area contributed by atoms with Crippen LogP contribution in [0.2, 0.25) is 5.02 Å². The number of fused-ring (bicyclic) bond motifs is 1. The van der Waals surface area contributed by atoms with E-state index in [4.69, 9.17) is 16.0 Å². The first-order chi connectivity index (χ1) is 12.5. The van der Waals surface area contributed by atoms with Crippen molar-refractivity contribution in [2.45, 2.75) is 4.90 Å². The number of hydrogen-bond acceptors (Lipinski definition) is 5.